The zero-order valence-electron chi connectivity index (χ0n) is 10.3. The van der Waals surface area contributed by atoms with Gasteiger partial charge >= 0.3 is 0 Å². The van der Waals surface area contributed by atoms with Gasteiger partial charge in [0.1, 0.15) is 5.82 Å². The minimum absolute atomic E-state index is 0.0870. The number of sulfone groups is 1. The predicted octanol–water partition coefficient (Wildman–Crippen LogP) is 2.09. The fraction of sp³-hybridized carbons (Fsp3) is 0.538. The maximum Gasteiger partial charge on any atom is 0.178 e. The molecule has 1 aromatic rings. The van der Waals surface area contributed by atoms with Gasteiger partial charge in [-0.25, -0.2) is 12.8 Å². The fourth-order valence-electron chi connectivity index (χ4n) is 2.26. The van der Waals surface area contributed by atoms with Crippen LogP contribution in [0.5, 0.6) is 0 Å². The van der Waals surface area contributed by atoms with Gasteiger partial charge in [0.25, 0.3) is 0 Å². The number of halogens is 1. The zero-order valence-corrected chi connectivity index (χ0v) is 11.1. The van der Waals surface area contributed by atoms with Gasteiger partial charge in [0, 0.05) is 0 Å². The minimum Gasteiger partial charge on any atom is -0.303 e. The molecular weight excluding hydrogens is 253 g/mol. The normalized spacial score (nSPS) is 17.2. The second kappa shape index (κ2) is 5.80. The Morgan fingerprint density at radius 2 is 1.94 bits per heavy atom. The van der Waals surface area contributed by atoms with E-state index < -0.39 is 15.7 Å². The monoisotopic (exact) mass is 271 g/mol. The van der Waals surface area contributed by atoms with Crippen LogP contribution in [0.25, 0.3) is 0 Å². The van der Waals surface area contributed by atoms with Gasteiger partial charge in [-0.15, -0.1) is 0 Å². The first-order chi connectivity index (χ1) is 8.58. The Morgan fingerprint density at radius 3 is 2.61 bits per heavy atom. The number of hydrogen-bond donors (Lipinski definition) is 0. The van der Waals surface area contributed by atoms with Crippen LogP contribution in [0.2, 0.25) is 0 Å². The minimum atomic E-state index is -3.34. The van der Waals surface area contributed by atoms with E-state index in [2.05, 4.69) is 4.90 Å². The van der Waals surface area contributed by atoms with Crippen molar-refractivity contribution in [2.24, 2.45) is 0 Å². The van der Waals surface area contributed by atoms with Crippen molar-refractivity contribution in [3.05, 3.63) is 30.1 Å². The highest BCUT2D eigenvalue weighted by atomic mass is 32.2. The molecule has 0 bridgehead atoms. The molecule has 1 aliphatic heterocycles. The molecule has 0 radical (unpaired) electrons. The average Bonchev–Trinajstić information content (AvgIpc) is 2.82. The Bertz CT molecular complexity index is 495. The summed E-state index contributed by atoms with van der Waals surface area (Å²) in [5.41, 5.74) is 0. The lowest BCUT2D eigenvalue weighted by atomic mass is 10.3. The molecule has 18 heavy (non-hydrogen) atoms. The molecule has 100 valence electrons. The summed E-state index contributed by atoms with van der Waals surface area (Å²) in [4.78, 5) is 2.37. The Balaban J connectivity index is 1.90. The van der Waals surface area contributed by atoms with Crippen LogP contribution in [0.15, 0.2) is 29.2 Å². The summed E-state index contributed by atoms with van der Waals surface area (Å²) in [7, 11) is -3.34. The van der Waals surface area contributed by atoms with E-state index in [4.69, 9.17) is 0 Å². The summed E-state index contributed by atoms with van der Waals surface area (Å²) in [6.07, 6.45) is 3.02. The molecule has 0 aliphatic carbocycles. The van der Waals surface area contributed by atoms with Crippen LogP contribution in [0.1, 0.15) is 19.3 Å². The number of nitrogens with zero attached hydrogens (tertiary/aromatic N) is 1. The van der Waals surface area contributed by atoms with Crippen molar-refractivity contribution in [1.82, 2.24) is 4.90 Å². The Morgan fingerprint density at radius 1 is 1.22 bits per heavy atom. The third-order valence-corrected chi connectivity index (χ3v) is 5.04. The first kappa shape index (κ1) is 13.5. The van der Waals surface area contributed by atoms with Crippen LogP contribution >= 0.6 is 0 Å². The molecule has 5 heteroatoms. The smallest absolute Gasteiger partial charge is 0.178 e. The van der Waals surface area contributed by atoms with E-state index in [1.54, 1.807) is 0 Å². The topological polar surface area (TPSA) is 37.4 Å². The largest absolute Gasteiger partial charge is 0.303 e. The standard InChI is InChI=1S/C13H18FNO2S/c14-12-5-3-6-13(11-12)18(16,17)10-4-9-15-7-1-2-8-15/h3,5-6,11H,1-2,4,7-10H2. The molecule has 0 unspecified atom stereocenters. The van der Waals surface area contributed by atoms with Crippen molar-refractivity contribution < 1.29 is 12.8 Å². The maximum absolute atomic E-state index is 13.0. The Labute approximate surface area is 108 Å². The summed E-state index contributed by atoms with van der Waals surface area (Å²) < 4.78 is 36.9. The molecule has 2 rings (SSSR count). The van der Waals surface area contributed by atoms with E-state index in [0.717, 1.165) is 25.7 Å². The van der Waals surface area contributed by atoms with Crippen molar-refractivity contribution in [2.45, 2.75) is 24.2 Å². The molecule has 1 fully saturated rings. The maximum atomic E-state index is 13.0. The van der Waals surface area contributed by atoms with Crippen molar-refractivity contribution in [2.75, 3.05) is 25.4 Å². The van der Waals surface area contributed by atoms with Crippen molar-refractivity contribution in [3.8, 4) is 0 Å². The third kappa shape index (κ3) is 3.53. The molecule has 0 spiro atoms. The van der Waals surface area contributed by atoms with Gasteiger partial charge in [-0.1, -0.05) is 6.07 Å². The van der Waals surface area contributed by atoms with Gasteiger partial charge in [0.05, 0.1) is 10.6 Å². The third-order valence-electron chi connectivity index (χ3n) is 3.24. The van der Waals surface area contributed by atoms with Crippen molar-refractivity contribution in [3.63, 3.8) is 0 Å². The summed E-state index contributed by atoms with van der Waals surface area (Å²) in [5.74, 6) is -0.414. The second-order valence-electron chi connectivity index (χ2n) is 4.68. The lowest BCUT2D eigenvalue weighted by Crippen LogP contribution is -2.22. The van der Waals surface area contributed by atoms with Crippen molar-refractivity contribution in [1.29, 1.82) is 0 Å². The molecule has 1 heterocycles. The first-order valence-electron chi connectivity index (χ1n) is 6.29. The van der Waals surface area contributed by atoms with Crippen LogP contribution in [-0.2, 0) is 9.84 Å². The SMILES string of the molecule is O=S(=O)(CCCN1CCCC1)c1cccc(F)c1. The molecule has 3 nitrogen and oxygen atoms in total. The van der Waals surface area contributed by atoms with E-state index in [-0.39, 0.29) is 10.6 Å². The number of rotatable bonds is 5. The molecule has 1 saturated heterocycles. The van der Waals surface area contributed by atoms with E-state index in [9.17, 15) is 12.8 Å². The zero-order chi connectivity index (χ0) is 13.0. The number of likely N-dealkylation sites (tertiary alicyclic amines) is 1. The van der Waals surface area contributed by atoms with E-state index in [0.29, 0.717) is 6.42 Å². The fourth-order valence-corrected chi connectivity index (χ4v) is 3.59. The Kier molecular flexibility index (Phi) is 4.35. The second-order valence-corrected chi connectivity index (χ2v) is 6.79. The number of benzene rings is 1. The quantitative estimate of drug-likeness (QED) is 0.823. The van der Waals surface area contributed by atoms with Gasteiger partial charge in [0.2, 0.25) is 0 Å². The van der Waals surface area contributed by atoms with Gasteiger partial charge in [-0.05, 0) is 57.1 Å². The molecular formula is C13H18FNO2S. The molecule has 0 saturated carbocycles. The van der Waals surface area contributed by atoms with E-state index >= 15 is 0 Å². The Hall–Kier alpha value is -0.940. The number of hydrogen-bond acceptors (Lipinski definition) is 3. The molecule has 0 N–H and O–H groups in total. The molecule has 0 atom stereocenters. The molecule has 0 amide bonds. The van der Waals surface area contributed by atoms with Crippen LogP contribution in [0.4, 0.5) is 4.39 Å². The van der Waals surface area contributed by atoms with Gasteiger partial charge in [-0.2, -0.15) is 0 Å². The predicted molar refractivity (Wildman–Crippen MR) is 68.7 cm³/mol. The van der Waals surface area contributed by atoms with Crippen LogP contribution < -0.4 is 0 Å². The summed E-state index contributed by atoms with van der Waals surface area (Å²) >= 11 is 0. The van der Waals surface area contributed by atoms with Crippen LogP contribution in [0, 0.1) is 5.82 Å². The van der Waals surface area contributed by atoms with Gasteiger partial charge < -0.3 is 4.90 Å². The van der Waals surface area contributed by atoms with Crippen molar-refractivity contribution >= 4 is 9.84 Å². The summed E-state index contributed by atoms with van der Waals surface area (Å²) in [6, 6.07) is 5.23. The lowest BCUT2D eigenvalue weighted by Gasteiger charge is -2.14. The molecule has 1 aliphatic rings. The summed E-state index contributed by atoms with van der Waals surface area (Å²) in [5, 5.41) is 0. The van der Waals surface area contributed by atoms with E-state index in [1.165, 1.54) is 31.0 Å². The van der Waals surface area contributed by atoms with Gasteiger partial charge in [0.15, 0.2) is 9.84 Å². The molecule has 0 aromatic heterocycles. The average molecular weight is 271 g/mol. The highest BCUT2D eigenvalue weighted by molar-refractivity contribution is 7.91. The van der Waals surface area contributed by atoms with Crippen LogP contribution in [0.3, 0.4) is 0 Å². The van der Waals surface area contributed by atoms with Crippen LogP contribution in [-0.4, -0.2) is 38.7 Å². The van der Waals surface area contributed by atoms with Gasteiger partial charge in [-0.3, -0.25) is 0 Å². The lowest BCUT2D eigenvalue weighted by molar-refractivity contribution is 0.340. The molecule has 1 aromatic carbocycles. The highest BCUT2D eigenvalue weighted by Gasteiger charge is 2.16. The van der Waals surface area contributed by atoms with E-state index in [1.807, 2.05) is 0 Å². The highest BCUT2D eigenvalue weighted by Crippen LogP contribution is 2.14. The summed E-state index contributed by atoms with van der Waals surface area (Å²) in [6.45, 7) is 2.95. The first-order valence-corrected chi connectivity index (χ1v) is 7.94.